The first-order chi connectivity index (χ1) is 7.68. The first kappa shape index (κ1) is 14.7. The van der Waals surface area contributed by atoms with Crippen LogP contribution in [0.5, 0.6) is 0 Å². The molecule has 2 aliphatic rings. The SMILES string of the molecule is CC(O)C1CCN(C(=O)C2CCNC2)CC1.Cl. The van der Waals surface area contributed by atoms with Gasteiger partial charge in [-0.3, -0.25) is 4.79 Å². The second-order valence-electron chi connectivity index (χ2n) is 5.09. The molecule has 2 aliphatic heterocycles. The molecule has 1 amide bonds. The van der Waals surface area contributed by atoms with E-state index in [9.17, 15) is 9.90 Å². The Morgan fingerprint density at radius 3 is 2.47 bits per heavy atom. The van der Waals surface area contributed by atoms with Crippen LogP contribution in [0.1, 0.15) is 26.2 Å². The monoisotopic (exact) mass is 262 g/mol. The summed E-state index contributed by atoms with van der Waals surface area (Å²) in [6, 6.07) is 0. The van der Waals surface area contributed by atoms with Gasteiger partial charge in [0.1, 0.15) is 0 Å². The molecule has 2 unspecified atom stereocenters. The number of nitrogens with one attached hydrogen (secondary N) is 1. The number of carbonyl (C=O) groups is 1. The van der Waals surface area contributed by atoms with Crippen LogP contribution in [0.2, 0.25) is 0 Å². The van der Waals surface area contributed by atoms with Crippen molar-refractivity contribution in [1.29, 1.82) is 0 Å². The highest BCUT2D eigenvalue weighted by Crippen LogP contribution is 2.22. The van der Waals surface area contributed by atoms with Crippen molar-refractivity contribution in [2.45, 2.75) is 32.3 Å². The zero-order valence-electron chi connectivity index (χ0n) is 10.4. The van der Waals surface area contributed by atoms with Crippen LogP contribution in [0.15, 0.2) is 0 Å². The van der Waals surface area contributed by atoms with Gasteiger partial charge in [-0.15, -0.1) is 12.4 Å². The Hall–Kier alpha value is -0.320. The zero-order valence-corrected chi connectivity index (χ0v) is 11.2. The van der Waals surface area contributed by atoms with E-state index in [1.165, 1.54) is 0 Å². The molecule has 0 radical (unpaired) electrons. The molecule has 17 heavy (non-hydrogen) atoms. The normalized spacial score (nSPS) is 27.6. The maximum absolute atomic E-state index is 12.1. The Morgan fingerprint density at radius 1 is 1.35 bits per heavy atom. The van der Waals surface area contributed by atoms with Gasteiger partial charge in [0.15, 0.2) is 0 Å². The predicted octanol–water partition coefficient (Wildman–Crippen LogP) is 0.637. The van der Waals surface area contributed by atoms with Crippen molar-refractivity contribution in [2.24, 2.45) is 11.8 Å². The van der Waals surface area contributed by atoms with Gasteiger partial charge in [-0.25, -0.2) is 0 Å². The summed E-state index contributed by atoms with van der Waals surface area (Å²) in [5.74, 6) is 0.892. The van der Waals surface area contributed by atoms with Gasteiger partial charge in [-0.1, -0.05) is 0 Å². The van der Waals surface area contributed by atoms with E-state index in [1.807, 2.05) is 11.8 Å². The van der Waals surface area contributed by atoms with Crippen LogP contribution in [-0.2, 0) is 4.79 Å². The van der Waals surface area contributed by atoms with E-state index in [4.69, 9.17) is 0 Å². The third-order valence-corrected chi connectivity index (χ3v) is 3.94. The van der Waals surface area contributed by atoms with Crippen molar-refractivity contribution in [3.8, 4) is 0 Å². The quantitative estimate of drug-likeness (QED) is 0.768. The van der Waals surface area contributed by atoms with E-state index in [2.05, 4.69) is 5.32 Å². The number of halogens is 1. The van der Waals surface area contributed by atoms with Gasteiger partial charge in [-0.05, 0) is 38.6 Å². The average molecular weight is 263 g/mol. The molecule has 0 saturated carbocycles. The number of aliphatic hydroxyl groups excluding tert-OH is 1. The molecular weight excluding hydrogens is 240 g/mol. The van der Waals surface area contributed by atoms with Crippen LogP contribution < -0.4 is 5.32 Å². The first-order valence-corrected chi connectivity index (χ1v) is 6.36. The molecule has 5 heteroatoms. The lowest BCUT2D eigenvalue weighted by Gasteiger charge is -2.34. The Morgan fingerprint density at radius 2 is 2.00 bits per heavy atom. The number of aliphatic hydroxyl groups is 1. The molecule has 0 aromatic heterocycles. The fourth-order valence-electron chi connectivity index (χ4n) is 2.73. The van der Waals surface area contributed by atoms with Crippen molar-refractivity contribution in [3.05, 3.63) is 0 Å². The van der Waals surface area contributed by atoms with Gasteiger partial charge < -0.3 is 15.3 Å². The highest BCUT2D eigenvalue weighted by atomic mass is 35.5. The molecule has 2 atom stereocenters. The number of nitrogens with zero attached hydrogens (tertiary/aromatic N) is 1. The van der Waals surface area contributed by atoms with Crippen molar-refractivity contribution < 1.29 is 9.90 Å². The van der Waals surface area contributed by atoms with E-state index >= 15 is 0 Å². The number of piperidine rings is 1. The summed E-state index contributed by atoms with van der Waals surface area (Å²) in [4.78, 5) is 14.1. The van der Waals surface area contributed by atoms with Gasteiger partial charge >= 0.3 is 0 Å². The van der Waals surface area contributed by atoms with E-state index in [0.717, 1.165) is 45.4 Å². The molecule has 2 N–H and O–H groups in total. The van der Waals surface area contributed by atoms with E-state index in [1.54, 1.807) is 0 Å². The fraction of sp³-hybridized carbons (Fsp3) is 0.917. The molecule has 2 rings (SSSR count). The molecule has 100 valence electrons. The van der Waals surface area contributed by atoms with Gasteiger partial charge in [0.2, 0.25) is 5.91 Å². The van der Waals surface area contributed by atoms with Gasteiger partial charge in [0, 0.05) is 19.6 Å². The maximum atomic E-state index is 12.1. The van der Waals surface area contributed by atoms with E-state index < -0.39 is 0 Å². The van der Waals surface area contributed by atoms with Gasteiger partial charge in [0.25, 0.3) is 0 Å². The molecule has 4 nitrogen and oxygen atoms in total. The molecule has 0 aromatic carbocycles. The minimum absolute atomic E-state index is 0. The topological polar surface area (TPSA) is 52.6 Å². The number of likely N-dealkylation sites (tertiary alicyclic amines) is 1. The largest absolute Gasteiger partial charge is 0.393 e. The first-order valence-electron chi connectivity index (χ1n) is 6.36. The van der Waals surface area contributed by atoms with Gasteiger partial charge in [0.05, 0.1) is 12.0 Å². The van der Waals surface area contributed by atoms with Crippen molar-refractivity contribution in [3.63, 3.8) is 0 Å². The summed E-state index contributed by atoms with van der Waals surface area (Å²) in [7, 11) is 0. The Balaban J connectivity index is 0.00000144. The zero-order chi connectivity index (χ0) is 11.5. The van der Waals surface area contributed by atoms with Crippen LogP contribution in [0, 0.1) is 11.8 Å². The van der Waals surface area contributed by atoms with Crippen LogP contribution in [-0.4, -0.2) is 48.2 Å². The number of rotatable bonds is 2. The highest BCUT2D eigenvalue weighted by molar-refractivity contribution is 5.85. The summed E-state index contributed by atoms with van der Waals surface area (Å²) >= 11 is 0. The van der Waals surface area contributed by atoms with Crippen molar-refractivity contribution >= 4 is 18.3 Å². The number of carbonyl (C=O) groups excluding carboxylic acids is 1. The Kier molecular flexibility index (Phi) is 5.70. The lowest BCUT2D eigenvalue weighted by Crippen LogP contribution is -2.43. The van der Waals surface area contributed by atoms with Crippen molar-refractivity contribution in [1.82, 2.24) is 10.2 Å². The maximum Gasteiger partial charge on any atom is 0.227 e. The highest BCUT2D eigenvalue weighted by Gasteiger charge is 2.30. The van der Waals surface area contributed by atoms with Gasteiger partial charge in [-0.2, -0.15) is 0 Å². The molecule has 2 heterocycles. The van der Waals surface area contributed by atoms with Crippen LogP contribution in [0.25, 0.3) is 0 Å². The van der Waals surface area contributed by atoms with E-state index in [-0.39, 0.29) is 24.4 Å². The Labute approximate surface area is 109 Å². The molecule has 0 aliphatic carbocycles. The fourth-order valence-corrected chi connectivity index (χ4v) is 2.73. The molecule has 0 bridgehead atoms. The summed E-state index contributed by atoms with van der Waals surface area (Å²) in [5, 5.41) is 12.7. The lowest BCUT2D eigenvalue weighted by molar-refractivity contribution is -0.136. The molecule has 2 saturated heterocycles. The second-order valence-corrected chi connectivity index (χ2v) is 5.09. The molecule has 0 aromatic rings. The Bertz CT molecular complexity index is 247. The molecular formula is C12H23ClN2O2. The van der Waals surface area contributed by atoms with Crippen molar-refractivity contribution in [2.75, 3.05) is 26.2 Å². The second kappa shape index (κ2) is 6.57. The number of hydrogen-bond donors (Lipinski definition) is 2. The summed E-state index contributed by atoms with van der Waals surface area (Å²) in [6.07, 6.45) is 2.65. The van der Waals surface area contributed by atoms with Crippen LogP contribution in [0.3, 0.4) is 0 Å². The van der Waals surface area contributed by atoms with Crippen LogP contribution in [0.4, 0.5) is 0 Å². The van der Waals surface area contributed by atoms with E-state index in [0.29, 0.717) is 11.8 Å². The molecule has 0 spiro atoms. The standard InChI is InChI=1S/C12H22N2O2.ClH/c1-9(15)10-3-6-14(7-4-10)12(16)11-2-5-13-8-11;/h9-11,13,15H,2-8H2,1H3;1H. The minimum atomic E-state index is -0.231. The molecule has 2 fully saturated rings. The number of hydrogen-bond acceptors (Lipinski definition) is 3. The minimum Gasteiger partial charge on any atom is -0.393 e. The summed E-state index contributed by atoms with van der Waals surface area (Å²) < 4.78 is 0. The lowest BCUT2D eigenvalue weighted by atomic mass is 9.91. The third-order valence-electron chi connectivity index (χ3n) is 3.94. The predicted molar refractivity (Wildman–Crippen MR) is 69.2 cm³/mol. The summed E-state index contributed by atoms with van der Waals surface area (Å²) in [6.45, 7) is 5.31. The third kappa shape index (κ3) is 3.57. The summed E-state index contributed by atoms with van der Waals surface area (Å²) in [5.41, 5.74) is 0. The smallest absolute Gasteiger partial charge is 0.227 e. The average Bonchev–Trinajstić information content (AvgIpc) is 2.81. The van der Waals surface area contributed by atoms with Crippen LogP contribution >= 0.6 is 12.4 Å². The number of amides is 1.